The minimum absolute atomic E-state index is 0.119. The van der Waals surface area contributed by atoms with Crippen LogP contribution in [-0.2, 0) is 0 Å². The Balaban J connectivity index is 1.63. The van der Waals surface area contributed by atoms with Crippen molar-refractivity contribution >= 4 is 45.4 Å². The maximum atomic E-state index is 12.7. The van der Waals surface area contributed by atoms with Gasteiger partial charge < -0.3 is 10.6 Å². The van der Waals surface area contributed by atoms with Crippen LogP contribution in [0.3, 0.4) is 0 Å². The number of thiophene rings is 2. The quantitative estimate of drug-likeness (QED) is 0.323. The first-order valence-electron chi connectivity index (χ1n) is 10.6. The van der Waals surface area contributed by atoms with Gasteiger partial charge in [-0.15, -0.1) is 22.7 Å². The number of fused-ring (bicyclic) bond motifs is 1. The van der Waals surface area contributed by atoms with E-state index in [1.165, 1.54) is 0 Å². The Morgan fingerprint density at radius 2 is 1.47 bits per heavy atom. The molecule has 2 N–H and O–H groups in total. The molecule has 0 unspecified atom stereocenters. The SMILES string of the molecule is CC(C)(C)CC(C)(C)NC(=O)Nc1ccc2nc(-c3cccs3)c(-c3cccs3)nc2c1. The molecule has 0 atom stereocenters. The summed E-state index contributed by atoms with van der Waals surface area (Å²) in [5.74, 6) is 0. The Labute approximate surface area is 196 Å². The van der Waals surface area contributed by atoms with Crippen LogP contribution in [0.1, 0.15) is 41.0 Å². The Morgan fingerprint density at radius 3 is 2.00 bits per heavy atom. The lowest BCUT2D eigenvalue weighted by molar-refractivity contribution is 0.220. The van der Waals surface area contributed by atoms with Crippen LogP contribution in [0.2, 0.25) is 0 Å². The molecule has 32 heavy (non-hydrogen) atoms. The van der Waals surface area contributed by atoms with Crippen LogP contribution in [0, 0.1) is 5.41 Å². The number of hydrogen-bond acceptors (Lipinski definition) is 5. The van der Waals surface area contributed by atoms with Gasteiger partial charge in [0.2, 0.25) is 0 Å². The topological polar surface area (TPSA) is 66.9 Å². The molecule has 5 nitrogen and oxygen atoms in total. The zero-order valence-electron chi connectivity index (χ0n) is 19.0. The van der Waals surface area contributed by atoms with Crippen molar-refractivity contribution in [1.29, 1.82) is 0 Å². The van der Waals surface area contributed by atoms with Crippen LogP contribution in [0.25, 0.3) is 32.2 Å². The number of anilines is 1. The first-order chi connectivity index (χ1) is 15.1. The Kier molecular flexibility index (Phi) is 6.05. The molecule has 0 radical (unpaired) electrons. The van der Waals surface area contributed by atoms with Crippen LogP contribution in [0.15, 0.2) is 53.2 Å². The third-order valence-corrected chi connectivity index (χ3v) is 6.61. The van der Waals surface area contributed by atoms with E-state index < -0.39 is 0 Å². The smallest absolute Gasteiger partial charge is 0.319 e. The summed E-state index contributed by atoms with van der Waals surface area (Å²) < 4.78 is 0. The number of rotatable bonds is 5. The zero-order chi connectivity index (χ0) is 22.9. The maximum absolute atomic E-state index is 12.7. The molecule has 0 aliphatic heterocycles. The zero-order valence-corrected chi connectivity index (χ0v) is 20.7. The largest absolute Gasteiger partial charge is 0.333 e. The van der Waals surface area contributed by atoms with Crippen molar-refractivity contribution in [3.8, 4) is 21.1 Å². The number of benzene rings is 1. The van der Waals surface area contributed by atoms with Crippen molar-refractivity contribution in [3.63, 3.8) is 0 Å². The predicted molar refractivity (Wildman–Crippen MR) is 136 cm³/mol. The highest BCUT2D eigenvalue weighted by Gasteiger charge is 2.27. The fraction of sp³-hybridized carbons (Fsp3) is 0.320. The van der Waals surface area contributed by atoms with E-state index in [1.54, 1.807) is 22.7 Å². The lowest BCUT2D eigenvalue weighted by Crippen LogP contribution is -2.47. The lowest BCUT2D eigenvalue weighted by Gasteiger charge is -2.33. The molecule has 0 aliphatic carbocycles. The number of urea groups is 1. The Morgan fingerprint density at radius 1 is 0.875 bits per heavy atom. The minimum atomic E-state index is -0.319. The van der Waals surface area contributed by atoms with E-state index in [1.807, 2.05) is 54.9 Å². The van der Waals surface area contributed by atoms with E-state index in [-0.39, 0.29) is 17.0 Å². The maximum Gasteiger partial charge on any atom is 0.319 e. The van der Waals surface area contributed by atoms with Gasteiger partial charge in [0, 0.05) is 11.2 Å². The first kappa shape index (κ1) is 22.4. The van der Waals surface area contributed by atoms with Gasteiger partial charge >= 0.3 is 6.03 Å². The van der Waals surface area contributed by atoms with E-state index in [0.29, 0.717) is 5.69 Å². The molecule has 4 rings (SSSR count). The standard InChI is InChI=1S/C25H28N4OS2/c1-24(2,3)15-25(4,5)29-23(30)26-16-10-11-17-18(14-16)28-22(20-9-7-13-32-20)21(27-17)19-8-6-12-31-19/h6-14H,15H2,1-5H3,(H2,26,29,30). The highest BCUT2D eigenvalue weighted by Crippen LogP contribution is 2.36. The lowest BCUT2D eigenvalue weighted by atomic mass is 9.82. The predicted octanol–water partition coefficient (Wildman–Crippen LogP) is 7.42. The summed E-state index contributed by atoms with van der Waals surface area (Å²) in [7, 11) is 0. The van der Waals surface area contributed by atoms with Crippen molar-refractivity contribution in [2.24, 2.45) is 5.41 Å². The summed E-state index contributed by atoms with van der Waals surface area (Å²) in [6, 6.07) is 13.6. The van der Waals surface area contributed by atoms with Gasteiger partial charge in [-0.2, -0.15) is 0 Å². The number of nitrogens with one attached hydrogen (secondary N) is 2. The highest BCUT2D eigenvalue weighted by atomic mass is 32.1. The second kappa shape index (κ2) is 8.64. The molecular weight excluding hydrogens is 436 g/mol. The van der Waals surface area contributed by atoms with Crippen LogP contribution >= 0.6 is 22.7 Å². The number of amides is 2. The molecule has 3 aromatic heterocycles. The number of hydrogen-bond donors (Lipinski definition) is 2. The fourth-order valence-corrected chi connectivity index (χ4v) is 5.57. The molecule has 4 aromatic rings. The van der Waals surface area contributed by atoms with Crippen molar-refractivity contribution in [2.45, 2.75) is 46.6 Å². The van der Waals surface area contributed by atoms with E-state index in [2.05, 4.69) is 43.5 Å². The van der Waals surface area contributed by atoms with Crippen molar-refractivity contribution in [1.82, 2.24) is 15.3 Å². The van der Waals surface area contributed by atoms with Crippen molar-refractivity contribution in [3.05, 3.63) is 53.2 Å². The fourth-order valence-electron chi connectivity index (χ4n) is 4.14. The third-order valence-electron chi connectivity index (χ3n) is 4.86. The van der Waals surface area contributed by atoms with Gasteiger partial charge in [0.05, 0.1) is 20.8 Å². The minimum Gasteiger partial charge on any atom is -0.333 e. The van der Waals surface area contributed by atoms with Crippen LogP contribution < -0.4 is 10.6 Å². The summed E-state index contributed by atoms with van der Waals surface area (Å²) in [6.45, 7) is 10.6. The average Bonchev–Trinajstić information content (AvgIpc) is 3.38. The molecule has 1 aromatic carbocycles. The van der Waals surface area contributed by atoms with E-state index in [9.17, 15) is 4.79 Å². The molecule has 0 saturated heterocycles. The molecule has 0 saturated carbocycles. The van der Waals surface area contributed by atoms with Crippen molar-refractivity contribution in [2.75, 3.05) is 5.32 Å². The van der Waals surface area contributed by atoms with Gasteiger partial charge in [-0.05, 0) is 66.8 Å². The molecule has 166 valence electrons. The first-order valence-corrected chi connectivity index (χ1v) is 12.3. The van der Waals surface area contributed by atoms with Crippen LogP contribution in [0.4, 0.5) is 10.5 Å². The molecule has 3 heterocycles. The molecule has 0 spiro atoms. The number of carbonyl (C=O) groups is 1. The molecule has 0 fully saturated rings. The molecule has 0 aliphatic rings. The van der Waals surface area contributed by atoms with Gasteiger partial charge in [-0.25, -0.2) is 14.8 Å². The van der Waals surface area contributed by atoms with E-state index >= 15 is 0 Å². The normalized spacial score (nSPS) is 12.2. The third kappa shape index (κ3) is 5.34. The van der Waals surface area contributed by atoms with Gasteiger partial charge in [-0.1, -0.05) is 32.9 Å². The summed E-state index contributed by atoms with van der Waals surface area (Å²) in [5.41, 5.74) is 3.79. The average molecular weight is 465 g/mol. The van der Waals surface area contributed by atoms with Crippen molar-refractivity contribution < 1.29 is 4.79 Å². The highest BCUT2D eigenvalue weighted by molar-refractivity contribution is 7.14. The van der Waals surface area contributed by atoms with E-state index in [4.69, 9.17) is 9.97 Å². The molecule has 2 amide bonds. The van der Waals surface area contributed by atoms with Gasteiger partial charge in [-0.3, -0.25) is 0 Å². The second-order valence-corrected chi connectivity index (χ2v) is 11.7. The molecule has 7 heteroatoms. The molecular formula is C25H28N4OS2. The Bertz CT molecular complexity index is 1220. The second-order valence-electron chi connectivity index (χ2n) is 9.78. The summed E-state index contributed by atoms with van der Waals surface area (Å²) >= 11 is 3.30. The van der Waals surface area contributed by atoms with Gasteiger partial charge in [0.15, 0.2) is 0 Å². The number of carbonyl (C=O) groups excluding carboxylic acids is 1. The Hall–Kier alpha value is -2.77. The van der Waals surface area contributed by atoms with E-state index in [0.717, 1.165) is 38.6 Å². The number of aromatic nitrogens is 2. The van der Waals surface area contributed by atoms with Crippen LogP contribution in [0.5, 0.6) is 0 Å². The summed E-state index contributed by atoms with van der Waals surface area (Å²) in [4.78, 5) is 24.7. The molecule has 0 bridgehead atoms. The van der Waals surface area contributed by atoms with Crippen LogP contribution in [-0.4, -0.2) is 21.5 Å². The number of nitrogens with zero attached hydrogens (tertiary/aromatic N) is 2. The van der Waals surface area contributed by atoms with Gasteiger partial charge in [0.25, 0.3) is 0 Å². The summed E-state index contributed by atoms with van der Waals surface area (Å²) in [5, 5.41) is 10.1. The van der Waals surface area contributed by atoms with Gasteiger partial charge in [0.1, 0.15) is 11.4 Å². The summed E-state index contributed by atoms with van der Waals surface area (Å²) in [6.07, 6.45) is 0.867. The monoisotopic (exact) mass is 464 g/mol.